The van der Waals surface area contributed by atoms with Crippen molar-refractivity contribution < 1.29 is 4.79 Å². The summed E-state index contributed by atoms with van der Waals surface area (Å²) >= 11 is 1.46. The van der Waals surface area contributed by atoms with Crippen LogP contribution < -0.4 is 5.32 Å². The van der Waals surface area contributed by atoms with Gasteiger partial charge in [0, 0.05) is 35.7 Å². The van der Waals surface area contributed by atoms with Crippen molar-refractivity contribution in [2.45, 2.75) is 18.8 Å². The van der Waals surface area contributed by atoms with Gasteiger partial charge in [-0.25, -0.2) is 4.98 Å². The number of thiazole rings is 1. The Morgan fingerprint density at radius 2 is 2.35 bits per heavy atom. The van der Waals surface area contributed by atoms with Crippen molar-refractivity contribution >= 4 is 22.4 Å². The highest BCUT2D eigenvalue weighted by molar-refractivity contribution is 7.15. The van der Waals surface area contributed by atoms with Crippen molar-refractivity contribution in [3.63, 3.8) is 0 Å². The molecule has 1 N–H and O–H groups in total. The highest BCUT2D eigenvalue weighted by Crippen LogP contribution is 2.32. The molecule has 6 nitrogen and oxygen atoms in total. The van der Waals surface area contributed by atoms with E-state index < -0.39 is 0 Å². The van der Waals surface area contributed by atoms with Crippen LogP contribution in [0.4, 0.5) is 5.13 Å². The molecule has 0 spiro atoms. The highest BCUT2D eigenvalue weighted by Gasteiger charge is 2.28. The summed E-state index contributed by atoms with van der Waals surface area (Å²) in [6.07, 6.45) is 11.1. The van der Waals surface area contributed by atoms with Gasteiger partial charge < -0.3 is 10.2 Å². The molecule has 0 radical (unpaired) electrons. The predicted octanol–water partition coefficient (Wildman–Crippen LogP) is 2.38. The summed E-state index contributed by atoms with van der Waals surface area (Å²) in [6.45, 7) is 1.12. The molecule has 1 aliphatic heterocycles. The number of carbonyl (C=O) groups is 1. The predicted molar refractivity (Wildman–Crippen MR) is 86.2 cm³/mol. The third kappa shape index (κ3) is 3.41. The molecule has 23 heavy (non-hydrogen) atoms. The Morgan fingerprint density at radius 1 is 1.48 bits per heavy atom. The molecule has 3 rings (SSSR count). The van der Waals surface area contributed by atoms with Gasteiger partial charge in [-0.05, 0) is 18.9 Å². The van der Waals surface area contributed by atoms with Crippen LogP contribution >= 0.6 is 11.3 Å². The van der Waals surface area contributed by atoms with E-state index in [1.165, 1.54) is 11.3 Å². The number of rotatable bonds is 3. The van der Waals surface area contributed by atoms with Crippen LogP contribution in [0.5, 0.6) is 0 Å². The third-order valence-corrected chi connectivity index (χ3v) is 5.09. The van der Waals surface area contributed by atoms with Crippen LogP contribution in [-0.4, -0.2) is 28.9 Å². The molecule has 1 aromatic rings. The van der Waals surface area contributed by atoms with E-state index in [1.54, 1.807) is 11.1 Å². The van der Waals surface area contributed by atoms with Crippen LogP contribution in [0.15, 0.2) is 30.0 Å². The molecule has 116 valence electrons. The maximum atomic E-state index is 12.2. The summed E-state index contributed by atoms with van der Waals surface area (Å²) in [5, 5.41) is 21.1. The minimum atomic E-state index is -0.155. The van der Waals surface area contributed by atoms with Crippen molar-refractivity contribution in [2.24, 2.45) is 5.92 Å². The van der Waals surface area contributed by atoms with Crippen LogP contribution in [-0.2, 0) is 4.79 Å². The topological polar surface area (TPSA) is 92.8 Å². The number of nitriles is 2. The molecule has 1 fully saturated rings. The minimum absolute atomic E-state index is 0.0745. The molecule has 7 heteroatoms. The quantitative estimate of drug-likeness (QED) is 0.861. The first-order valence-electron chi connectivity index (χ1n) is 7.39. The lowest BCUT2D eigenvalue weighted by molar-refractivity contribution is -0.119. The lowest BCUT2D eigenvalue weighted by atomic mass is 9.96. The van der Waals surface area contributed by atoms with Crippen LogP contribution in [0, 0.1) is 28.7 Å². The first kappa shape index (κ1) is 15.3. The standard InChI is InChI=1S/C16H15N5OS/c17-7-11-1-3-12(4-2-11)14-8-19-16(23-14)20-15(22)13-5-6-21(9-13)10-18/h1-3,8,12-13H,4-6,9H2,(H,19,20,22)/t12?,13-/m0/s1. The largest absolute Gasteiger partial charge is 0.310 e. The van der Waals surface area contributed by atoms with Crippen LogP contribution in [0.1, 0.15) is 23.6 Å². The second kappa shape index (κ2) is 6.64. The summed E-state index contributed by atoms with van der Waals surface area (Å²) in [7, 11) is 0. The SMILES string of the molecule is N#CC1=CCC(c2cnc(NC(=O)[C@H]3CCN(C#N)C3)s2)C=C1. The maximum Gasteiger partial charge on any atom is 0.231 e. The molecule has 1 saturated heterocycles. The van der Waals surface area contributed by atoms with Gasteiger partial charge in [0.15, 0.2) is 11.3 Å². The van der Waals surface area contributed by atoms with E-state index in [2.05, 4.69) is 22.6 Å². The zero-order valence-electron chi connectivity index (χ0n) is 12.4. The van der Waals surface area contributed by atoms with E-state index in [9.17, 15) is 4.79 Å². The number of hydrogen-bond donors (Lipinski definition) is 1. The number of anilines is 1. The highest BCUT2D eigenvalue weighted by atomic mass is 32.1. The number of aromatic nitrogens is 1. The lowest BCUT2D eigenvalue weighted by Gasteiger charge is -2.11. The fourth-order valence-electron chi connectivity index (χ4n) is 2.70. The number of likely N-dealkylation sites (tertiary alicyclic amines) is 1. The summed E-state index contributed by atoms with van der Waals surface area (Å²) in [5.41, 5.74) is 0.683. The number of allylic oxidation sites excluding steroid dienone is 4. The van der Waals surface area contributed by atoms with Gasteiger partial charge >= 0.3 is 0 Å². The number of nitrogens with one attached hydrogen (secondary N) is 1. The van der Waals surface area contributed by atoms with Gasteiger partial charge in [0.2, 0.25) is 5.91 Å². The monoisotopic (exact) mass is 325 g/mol. The first-order valence-corrected chi connectivity index (χ1v) is 8.21. The molecule has 0 bridgehead atoms. The minimum Gasteiger partial charge on any atom is -0.310 e. The van der Waals surface area contributed by atoms with Crippen LogP contribution in [0.2, 0.25) is 0 Å². The molecule has 0 saturated carbocycles. The Hall–Kier alpha value is -2.64. The Morgan fingerprint density at radius 3 is 3.00 bits per heavy atom. The van der Waals surface area contributed by atoms with E-state index in [-0.39, 0.29) is 17.7 Å². The average Bonchev–Trinajstić information content (AvgIpc) is 3.24. The molecular weight excluding hydrogens is 310 g/mol. The zero-order chi connectivity index (χ0) is 16.2. The Balaban J connectivity index is 1.59. The van der Waals surface area contributed by atoms with Gasteiger partial charge in [-0.1, -0.05) is 12.2 Å². The van der Waals surface area contributed by atoms with Crippen LogP contribution in [0.3, 0.4) is 0 Å². The summed E-state index contributed by atoms with van der Waals surface area (Å²) in [6, 6.07) is 2.13. The fraction of sp³-hybridized carbons (Fsp3) is 0.375. The van der Waals surface area contributed by atoms with Crippen molar-refractivity contribution in [3.05, 3.63) is 34.9 Å². The number of carbonyl (C=O) groups excluding carboxylic acids is 1. The molecule has 2 atom stereocenters. The zero-order valence-corrected chi connectivity index (χ0v) is 13.2. The average molecular weight is 325 g/mol. The van der Waals surface area contributed by atoms with E-state index >= 15 is 0 Å². The molecule has 1 amide bonds. The number of hydrogen-bond acceptors (Lipinski definition) is 6. The Bertz CT molecular complexity index is 751. The summed E-state index contributed by atoms with van der Waals surface area (Å²) in [4.78, 5) is 19.1. The van der Waals surface area contributed by atoms with E-state index in [1.807, 2.05) is 18.2 Å². The normalized spacial score (nSPS) is 23.0. The third-order valence-electron chi connectivity index (χ3n) is 4.05. The Labute approximate surface area is 138 Å². The van der Waals surface area contributed by atoms with Crippen molar-refractivity contribution in [3.8, 4) is 12.3 Å². The molecule has 1 aliphatic carbocycles. The van der Waals surface area contributed by atoms with Gasteiger partial charge in [0.05, 0.1) is 12.0 Å². The molecular formula is C16H15N5OS. The molecule has 2 heterocycles. The van der Waals surface area contributed by atoms with Gasteiger partial charge in [0.1, 0.15) is 0 Å². The maximum absolute atomic E-state index is 12.2. The lowest BCUT2D eigenvalue weighted by Crippen LogP contribution is -2.25. The Kier molecular flexibility index (Phi) is 4.40. The van der Waals surface area contributed by atoms with Crippen molar-refractivity contribution in [2.75, 3.05) is 18.4 Å². The molecule has 0 aromatic carbocycles. The van der Waals surface area contributed by atoms with Gasteiger partial charge in [-0.15, -0.1) is 11.3 Å². The smallest absolute Gasteiger partial charge is 0.231 e. The van der Waals surface area contributed by atoms with E-state index in [4.69, 9.17) is 10.5 Å². The van der Waals surface area contributed by atoms with Gasteiger partial charge in [-0.3, -0.25) is 4.79 Å². The van der Waals surface area contributed by atoms with E-state index in [0.717, 1.165) is 11.3 Å². The number of nitrogens with zero attached hydrogens (tertiary/aromatic N) is 4. The van der Waals surface area contributed by atoms with Crippen molar-refractivity contribution in [1.82, 2.24) is 9.88 Å². The van der Waals surface area contributed by atoms with Gasteiger partial charge in [0.25, 0.3) is 0 Å². The molecule has 1 unspecified atom stereocenters. The molecule has 2 aliphatic rings. The second-order valence-corrected chi connectivity index (χ2v) is 6.62. The fourth-order valence-corrected chi connectivity index (χ4v) is 3.61. The van der Waals surface area contributed by atoms with E-state index in [0.29, 0.717) is 30.2 Å². The first-order chi connectivity index (χ1) is 11.2. The summed E-state index contributed by atoms with van der Waals surface area (Å²) in [5.74, 6) is -0.0250. The number of amides is 1. The summed E-state index contributed by atoms with van der Waals surface area (Å²) < 4.78 is 0. The van der Waals surface area contributed by atoms with Crippen molar-refractivity contribution in [1.29, 1.82) is 10.5 Å². The van der Waals surface area contributed by atoms with Gasteiger partial charge in [-0.2, -0.15) is 10.5 Å². The van der Waals surface area contributed by atoms with Crippen LogP contribution in [0.25, 0.3) is 0 Å². The molecule has 1 aromatic heterocycles. The second-order valence-electron chi connectivity index (χ2n) is 5.56.